The topological polar surface area (TPSA) is 46.6 Å². The number of ketones is 1. The van der Waals surface area contributed by atoms with Crippen LogP contribution >= 0.6 is 11.6 Å². The number of Topliss-reactive ketones (excluding diaryl/α,β-unsaturated/α-hetero) is 1. The van der Waals surface area contributed by atoms with Gasteiger partial charge in [0, 0.05) is 24.7 Å². The molecule has 0 aromatic heterocycles. The first-order valence-corrected chi connectivity index (χ1v) is 6.10. The second-order valence-corrected chi connectivity index (χ2v) is 4.86. The van der Waals surface area contributed by atoms with Crippen LogP contribution in [0.15, 0.2) is 18.2 Å². The molecule has 1 amide bonds. The third-order valence-corrected chi connectivity index (χ3v) is 3.25. The highest BCUT2D eigenvalue weighted by Gasteiger charge is 2.29. The zero-order valence-electron chi connectivity index (χ0n) is 10.3. The monoisotopic (exact) mass is 267 g/mol. The molecule has 1 saturated heterocycles. The lowest BCUT2D eigenvalue weighted by Crippen LogP contribution is -2.24. The van der Waals surface area contributed by atoms with Crippen LogP contribution in [-0.4, -0.2) is 30.7 Å². The van der Waals surface area contributed by atoms with E-state index in [1.807, 2.05) is 0 Å². The summed E-state index contributed by atoms with van der Waals surface area (Å²) >= 11 is 5.96. The lowest BCUT2D eigenvalue weighted by atomic mass is 10.1. The van der Waals surface area contributed by atoms with Crippen molar-refractivity contribution in [3.05, 3.63) is 23.8 Å². The zero-order valence-corrected chi connectivity index (χ0v) is 11.0. The van der Waals surface area contributed by atoms with Gasteiger partial charge in [-0.15, -0.1) is 11.6 Å². The molecular weight excluding hydrogens is 254 g/mol. The highest BCUT2D eigenvalue weighted by Crippen LogP contribution is 2.29. The van der Waals surface area contributed by atoms with Gasteiger partial charge in [0.25, 0.3) is 0 Å². The third kappa shape index (κ3) is 2.34. The Kier molecular flexibility index (Phi) is 3.57. The molecular formula is C13H14ClNO3. The van der Waals surface area contributed by atoms with Crippen LogP contribution in [0.1, 0.15) is 23.7 Å². The first-order valence-electron chi connectivity index (χ1n) is 5.66. The number of carbonyl (C=O) groups is 2. The second kappa shape index (κ2) is 4.98. The Hall–Kier alpha value is -1.55. The van der Waals surface area contributed by atoms with Crippen molar-refractivity contribution < 1.29 is 14.3 Å². The molecule has 0 N–H and O–H groups in total. The number of benzene rings is 1. The average Bonchev–Trinajstić information content (AvgIpc) is 2.67. The van der Waals surface area contributed by atoms with E-state index in [1.54, 1.807) is 23.1 Å². The fourth-order valence-corrected chi connectivity index (χ4v) is 2.32. The molecule has 1 fully saturated rings. The highest BCUT2D eigenvalue weighted by atomic mass is 35.5. The minimum atomic E-state index is -0.157. The number of alkyl halides is 1. The summed E-state index contributed by atoms with van der Waals surface area (Å²) in [5, 5.41) is -0.157. The predicted octanol–water partition coefficient (Wildman–Crippen LogP) is 2.24. The van der Waals surface area contributed by atoms with Crippen LogP contribution in [0.25, 0.3) is 0 Å². The molecule has 1 aromatic rings. The van der Waals surface area contributed by atoms with E-state index < -0.39 is 0 Å². The standard InChI is InChI=1S/C13H14ClNO3/c1-8(16)11-4-3-10(6-12(11)18-2)15-7-9(14)5-13(15)17/h3-4,6,9H,5,7H2,1-2H3. The van der Waals surface area contributed by atoms with Crippen molar-refractivity contribution in [2.24, 2.45) is 0 Å². The number of hydrogen-bond donors (Lipinski definition) is 0. The fourth-order valence-electron chi connectivity index (χ4n) is 2.05. The summed E-state index contributed by atoms with van der Waals surface area (Å²) in [5.74, 6) is 0.403. The van der Waals surface area contributed by atoms with Crippen molar-refractivity contribution >= 4 is 29.0 Å². The Morgan fingerprint density at radius 3 is 2.72 bits per heavy atom. The molecule has 0 saturated carbocycles. The van der Waals surface area contributed by atoms with Crippen molar-refractivity contribution in [3.63, 3.8) is 0 Å². The van der Waals surface area contributed by atoms with Crippen molar-refractivity contribution in [3.8, 4) is 5.75 Å². The highest BCUT2D eigenvalue weighted by molar-refractivity contribution is 6.24. The molecule has 1 aliphatic rings. The van der Waals surface area contributed by atoms with Crippen LogP contribution < -0.4 is 9.64 Å². The number of amides is 1. The van der Waals surface area contributed by atoms with E-state index in [-0.39, 0.29) is 17.1 Å². The second-order valence-electron chi connectivity index (χ2n) is 4.25. The number of anilines is 1. The number of ether oxygens (including phenoxy) is 1. The molecule has 1 heterocycles. The van der Waals surface area contributed by atoms with Gasteiger partial charge < -0.3 is 9.64 Å². The molecule has 1 unspecified atom stereocenters. The first-order chi connectivity index (χ1) is 8.52. The van der Waals surface area contributed by atoms with E-state index in [1.165, 1.54) is 14.0 Å². The Morgan fingerprint density at radius 2 is 2.22 bits per heavy atom. The van der Waals surface area contributed by atoms with E-state index in [2.05, 4.69) is 0 Å². The maximum absolute atomic E-state index is 11.7. The largest absolute Gasteiger partial charge is 0.496 e. The quantitative estimate of drug-likeness (QED) is 0.623. The Labute approximate surface area is 110 Å². The van der Waals surface area contributed by atoms with Gasteiger partial charge in [-0.05, 0) is 19.1 Å². The van der Waals surface area contributed by atoms with Gasteiger partial charge in [-0.3, -0.25) is 9.59 Å². The van der Waals surface area contributed by atoms with Gasteiger partial charge in [0.15, 0.2) is 5.78 Å². The van der Waals surface area contributed by atoms with Crippen LogP contribution in [-0.2, 0) is 4.79 Å². The molecule has 0 spiro atoms. The van der Waals surface area contributed by atoms with Gasteiger partial charge in [0.1, 0.15) is 5.75 Å². The summed E-state index contributed by atoms with van der Waals surface area (Å²) in [6.45, 7) is 1.97. The molecule has 0 bridgehead atoms. The number of carbonyl (C=O) groups excluding carboxylic acids is 2. The number of methoxy groups -OCH3 is 1. The van der Waals surface area contributed by atoms with Crippen LogP contribution in [0.3, 0.4) is 0 Å². The smallest absolute Gasteiger partial charge is 0.228 e. The maximum atomic E-state index is 11.7. The maximum Gasteiger partial charge on any atom is 0.228 e. The molecule has 18 heavy (non-hydrogen) atoms. The molecule has 0 aliphatic carbocycles. The van der Waals surface area contributed by atoms with Gasteiger partial charge in [0.2, 0.25) is 5.91 Å². The predicted molar refractivity (Wildman–Crippen MR) is 69.6 cm³/mol. The first kappa shape index (κ1) is 12.9. The summed E-state index contributed by atoms with van der Waals surface area (Å²) < 4.78 is 5.18. The molecule has 2 rings (SSSR count). The van der Waals surface area contributed by atoms with Gasteiger partial charge >= 0.3 is 0 Å². The molecule has 1 aromatic carbocycles. The van der Waals surface area contributed by atoms with Crippen molar-refractivity contribution in [1.82, 2.24) is 0 Å². The summed E-state index contributed by atoms with van der Waals surface area (Å²) in [6.07, 6.45) is 0.346. The summed E-state index contributed by atoms with van der Waals surface area (Å²) in [5.41, 5.74) is 1.22. The van der Waals surface area contributed by atoms with Gasteiger partial charge in [-0.25, -0.2) is 0 Å². The zero-order chi connectivity index (χ0) is 13.3. The minimum absolute atomic E-state index is 0.00683. The lowest BCUT2D eigenvalue weighted by Gasteiger charge is -2.17. The van der Waals surface area contributed by atoms with E-state index in [0.29, 0.717) is 30.0 Å². The van der Waals surface area contributed by atoms with E-state index in [9.17, 15) is 9.59 Å². The number of halogens is 1. The van der Waals surface area contributed by atoms with Crippen molar-refractivity contribution in [2.75, 3.05) is 18.6 Å². The van der Waals surface area contributed by atoms with E-state index in [0.717, 1.165) is 0 Å². The average molecular weight is 268 g/mol. The normalized spacial score (nSPS) is 19.2. The Balaban J connectivity index is 2.36. The van der Waals surface area contributed by atoms with Gasteiger partial charge in [-0.2, -0.15) is 0 Å². The van der Waals surface area contributed by atoms with Crippen LogP contribution in [0.5, 0.6) is 5.75 Å². The Bertz CT molecular complexity index is 501. The molecule has 1 atom stereocenters. The van der Waals surface area contributed by atoms with Crippen LogP contribution in [0.2, 0.25) is 0 Å². The molecule has 1 aliphatic heterocycles. The molecule has 96 valence electrons. The summed E-state index contributed by atoms with van der Waals surface area (Å²) in [7, 11) is 1.50. The van der Waals surface area contributed by atoms with Crippen molar-refractivity contribution in [2.45, 2.75) is 18.7 Å². The third-order valence-electron chi connectivity index (χ3n) is 2.95. The number of hydrogen-bond acceptors (Lipinski definition) is 3. The van der Waals surface area contributed by atoms with Crippen LogP contribution in [0.4, 0.5) is 5.69 Å². The van der Waals surface area contributed by atoms with Gasteiger partial charge in [-0.1, -0.05) is 0 Å². The van der Waals surface area contributed by atoms with E-state index in [4.69, 9.17) is 16.3 Å². The molecule has 4 nitrogen and oxygen atoms in total. The number of rotatable bonds is 3. The van der Waals surface area contributed by atoms with E-state index >= 15 is 0 Å². The van der Waals surface area contributed by atoms with Crippen LogP contribution in [0, 0.1) is 0 Å². The summed E-state index contributed by atoms with van der Waals surface area (Å²) in [6, 6.07) is 5.11. The Morgan fingerprint density at radius 1 is 1.50 bits per heavy atom. The fraction of sp³-hybridized carbons (Fsp3) is 0.385. The molecule has 0 radical (unpaired) electrons. The van der Waals surface area contributed by atoms with Gasteiger partial charge in [0.05, 0.1) is 18.1 Å². The SMILES string of the molecule is COc1cc(N2CC(Cl)CC2=O)ccc1C(C)=O. The minimum Gasteiger partial charge on any atom is -0.496 e. The summed E-state index contributed by atoms with van der Waals surface area (Å²) in [4.78, 5) is 24.7. The number of nitrogens with zero attached hydrogens (tertiary/aromatic N) is 1. The lowest BCUT2D eigenvalue weighted by molar-refractivity contribution is -0.117. The van der Waals surface area contributed by atoms with Crippen molar-refractivity contribution in [1.29, 1.82) is 0 Å². The molecule has 5 heteroatoms.